The maximum atomic E-state index is 13.9. The van der Waals surface area contributed by atoms with Gasteiger partial charge in [0.05, 0.1) is 17.5 Å². The minimum Gasteiger partial charge on any atom is -0.441 e. The lowest BCUT2D eigenvalue weighted by molar-refractivity contribution is -0.143. The first-order valence-corrected chi connectivity index (χ1v) is 12.0. The number of ether oxygens (including phenoxy) is 2. The Balaban J connectivity index is 1.63. The Bertz CT molecular complexity index is 1600. The topological polar surface area (TPSA) is 103 Å². The van der Waals surface area contributed by atoms with Gasteiger partial charge in [0.1, 0.15) is 0 Å². The molecule has 188 valence electrons. The molecule has 0 fully saturated rings. The molecule has 0 saturated carbocycles. The van der Waals surface area contributed by atoms with E-state index in [9.17, 15) is 19.2 Å². The number of allylic oxidation sites excluding steroid dienone is 2. The second-order valence-electron chi connectivity index (χ2n) is 8.83. The maximum absolute atomic E-state index is 13.9. The van der Waals surface area contributed by atoms with Crippen LogP contribution in [0, 0.1) is 0 Å². The molecule has 1 N–H and O–H groups in total. The summed E-state index contributed by atoms with van der Waals surface area (Å²) >= 11 is 0. The van der Waals surface area contributed by atoms with Crippen molar-refractivity contribution in [2.24, 2.45) is 0 Å². The number of fused-ring (bicyclic) bond motifs is 1. The van der Waals surface area contributed by atoms with E-state index < -0.39 is 41.3 Å². The fraction of sp³-hybridized carbons (Fsp3) is 0.0968. The number of hydrogen-bond donors (Lipinski definition) is 1. The van der Waals surface area contributed by atoms with Crippen LogP contribution in [-0.4, -0.2) is 28.5 Å². The fourth-order valence-electron chi connectivity index (χ4n) is 4.63. The molecule has 3 aromatic carbocycles. The maximum Gasteiger partial charge on any atom is 0.343 e. The van der Waals surface area contributed by atoms with Crippen molar-refractivity contribution >= 4 is 34.4 Å². The number of carbonyl (C=O) groups is 4. The number of aromatic amines is 1. The molecule has 1 aliphatic carbocycles. The van der Waals surface area contributed by atoms with Crippen LogP contribution >= 0.6 is 0 Å². The zero-order valence-corrected chi connectivity index (χ0v) is 20.3. The highest BCUT2D eigenvalue weighted by molar-refractivity contribution is 6.15. The lowest BCUT2D eigenvalue weighted by Gasteiger charge is -2.34. The van der Waals surface area contributed by atoms with E-state index in [2.05, 4.69) is 11.6 Å². The van der Waals surface area contributed by atoms with E-state index in [1.54, 1.807) is 66.7 Å². The molecule has 0 bridgehead atoms. The molecule has 7 nitrogen and oxygen atoms in total. The third-order valence-electron chi connectivity index (χ3n) is 6.37. The minimum absolute atomic E-state index is 0.225. The summed E-state index contributed by atoms with van der Waals surface area (Å²) in [6, 6.07) is 23.6. The SMILES string of the molecule is C=CCc1[nH]c2ccccc2c1C1(OC(=O)c2ccccc2)CC(=O)C(OC(=O)c2ccccc2)=CC1=O. The van der Waals surface area contributed by atoms with Gasteiger partial charge in [0.15, 0.2) is 5.76 Å². The van der Waals surface area contributed by atoms with Crippen molar-refractivity contribution in [1.82, 2.24) is 4.98 Å². The first-order valence-electron chi connectivity index (χ1n) is 12.0. The van der Waals surface area contributed by atoms with E-state index in [1.165, 1.54) is 12.1 Å². The standard InChI is InChI=1S/C31H23NO6/c1-2-11-24-28(22-16-9-10-17-23(22)32-24)31(38-30(36)21-14-7-4-8-15-21)19-25(33)26(18-27(31)34)37-29(35)20-12-5-3-6-13-20/h2-10,12-18,32H,1,11,19H2. The van der Waals surface area contributed by atoms with E-state index >= 15 is 0 Å². The van der Waals surface area contributed by atoms with Crippen molar-refractivity contribution < 1.29 is 28.7 Å². The molecule has 1 aliphatic rings. The van der Waals surface area contributed by atoms with E-state index in [-0.39, 0.29) is 11.1 Å². The molecule has 0 spiro atoms. The summed E-state index contributed by atoms with van der Waals surface area (Å²) in [7, 11) is 0. The summed E-state index contributed by atoms with van der Waals surface area (Å²) in [6.07, 6.45) is 2.39. The molecule has 0 aliphatic heterocycles. The van der Waals surface area contributed by atoms with Crippen LogP contribution in [0.4, 0.5) is 0 Å². The molecule has 0 amide bonds. The number of aromatic nitrogens is 1. The van der Waals surface area contributed by atoms with E-state index in [4.69, 9.17) is 9.47 Å². The number of Topliss-reactive ketones (excluding diaryl/α,β-unsaturated/α-hetero) is 1. The van der Waals surface area contributed by atoms with E-state index in [1.807, 2.05) is 12.1 Å². The lowest BCUT2D eigenvalue weighted by atomic mass is 9.78. The molecular weight excluding hydrogens is 482 g/mol. The monoisotopic (exact) mass is 505 g/mol. The van der Waals surface area contributed by atoms with Crippen LogP contribution in [0.15, 0.2) is 109 Å². The Morgan fingerprint density at radius 3 is 2.13 bits per heavy atom. The summed E-state index contributed by atoms with van der Waals surface area (Å²) in [5.41, 5.74) is 0.139. The van der Waals surface area contributed by atoms with Gasteiger partial charge in [-0.3, -0.25) is 9.59 Å². The number of hydrogen-bond acceptors (Lipinski definition) is 6. The second-order valence-corrected chi connectivity index (χ2v) is 8.83. The third kappa shape index (κ3) is 4.46. The van der Waals surface area contributed by atoms with Gasteiger partial charge in [-0.25, -0.2) is 9.59 Å². The van der Waals surface area contributed by atoms with Gasteiger partial charge >= 0.3 is 11.9 Å². The Labute approximate surface area is 218 Å². The molecule has 1 unspecified atom stereocenters. The molecule has 0 radical (unpaired) electrons. The van der Waals surface area contributed by atoms with Crippen LogP contribution in [0.1, 0.15) is 38.4 Å². The molecular formula is C31H23NO6. The Kier molecular flexibility index (Phi) is 6.58. The van der Waals surface area contributed by atoms with Crippen molar-refractivity contribution in [1.29, 1.82) is 0 Å². The highest BCUT2D eigenvalue weighted by Crippen LogP contribution is 2.43. The fourth-order valence-corrected chi connectivity index (χ4v) is 4.63. The number of H-pyrrole nitrogens is 1. The quantitative estimate of drug-likeness (QED) is 0.273. The van der Waals surface area contributed by atoms with Gasteiger partial charge in [-0.05, 0) is 30.3 Å². The molecule has 1 atom stereocenters. The van der Waals surface area contributed by atoms with Crippen LogP contribution in [0.25, 0.3) is 10.9 Å². The summed E-state index contributed by atoms with van der Waals surface area (Å²) < 4.78 is 11.3. The Hall–Kier alpha value is -5.04. The number of nitrogens with one attached hydrogen (secondary N) is 1. The van der Waals surface area contributed by atoms with E-state index in [0.29, 0.717) is 28.6 Å². The largest absolute Gasteiger partial charge is 0.441 e. The first-order chi connectivity index (χ1) is 18.4. The van der Waals surface area contributed by atoms with Gasteiger partial charge in [-0.1, -0.05) is 60.7 Å². The zero-order valence-electron chi connectivity index (χ0n) is 20.3. The lowest BCUT2D eigenvalue weighted by Crippen LogP contribution is -2.46. The highest BCUT2D eigenvalue weighted by Gasteiger charge is 2.52. The van der Waals surface area contributed by atoms with Gasteiger partial charge in [0, 0.05) is 34.7 Å². The predicted octanol–water partition coefficient (Wildman–Crippen LogP) is 5.23. The van der Waals surface area contributed by atoms with Crippen molar-refractivity contribution in [3.05, 3.63) is 132 Å². The van der Waals surface area contributed by atoms with Crippen LogP contribution in [0.2, 0.25) is 0 Å². The number of esters is 2. The molecule has 0 saturated heterocycles. The van der Waals surface area contributed by atoms with Crippen LogP contribution in [0.5, 0.6) is 0 Å². The summed E-state index contributed by atoms with van der Waals surface area (Å²) in [6.45, 7) is 3.80. The molecule has 38 heavy (non-hydrogen) atoms. The normalized spacial score (nSPS) is 17.1. The molecule has 5 rings (SSSR count). The second kappa shape index (κ2) is 10.1. The number of para-hydroxylation sites is 1. The Morgan fingerprint density at radius 2 is 1.47 bits per heavy atom. The third-order valence-corrected chi connectivity index (χ3v) is 6.37. The van der Waals surface area contributed by atoms with E-state index in [0.717, 1.165) is 6.08 Å². The van der Waals surface area contributed by atoms with Gasteiger partial charge in [0.25, 0.3) is 0 Å². The zero-order chi connectivity index (χ0) is 26.7. The minimum atomic E-state index is -1.98. The number of carbonyl (C=O) groups excluding carboxylic acids is 4. The number of benzene rings is 3. The van der Waals surface area contributed by atoms with Gasteiger partial charge in [0.2, 0.25) is 17.2 Å². The van der Waals surface area contributed by atoms with Gasteiger partial charge in [-0.15, -0.1) is 6.58 Å². The van der Waals surface area contributed by atoms with Crippen molar-refractivity contribution in [3.63, 3.8) is 0 Å². The number of ketones is 2. The molecule has 4 aromatic rings. The van der Waals surface area contributed by atoms with Crippen LogP contribution in [0.3, 0.4) is 0 Å². The van der Waals surface area contributed by atoms with Gasteiger partial charge in [-0.2, -0.15) is 0 Å². The Morgan fingerprint density at radius 1 is 0.868 bits per heavy atom. The predicted molar refractivity (Wildman–Crippen MR) is 140 cm³/mol. The average molecular weight is 506 g/mol. The van der Waals surface area contributed by atoms with Crippen LogP contribution in [-0.2, 0) is 31.1 Å². The van der Waals surface area contributed by atoms with Gasteiger partial charge < -0.3 is 14.5 Å². The highest BCUT2D eigenvalue weighted by atomic mass is 16.6. The summed E-state index contributed by atoms with van der Waals surface area (Å²) in [4.78, 5) is 56.5. The van der Waals surface area contributed by atoms with Crippen molar-refractivity contribution in [2.75, 3.05) is 0 Å². The van der Waals surface area contributed by atoms with Crippen molar-refractivity contribution in [2.45, 2.75) is 18.4 Å². The van der Waals surface area contributed by atoms with Crippen LogP contribution < -0.4 is 0 Å². The molecule has 1 heterocycles. The average Bonchev–Trinajstić information content (AvgIpc) is 3.31. The smallest absolute Gasteiger partial charge is 0.343 e. The summed E-state index contributed by atoms with van der Waals surface area (Å²) in [5.74, 6) is -3.27. The summed E-state index contributed by atoms with van der Waals surface area (Å²) in [5, 5.41) is 0.629. The molecule has 1 aromatic heterocycles. The van der Waals surface area contributed by atoms with Crippen molar-refractivity contribution in [3.8, 4) is 0 Å². The number of rotatable bonds is 7. The molecule has 7 heteroatoms. The first kappa shape index (κ1) is 24.6.